The van der Waals surface area contributed by atoms with Crippen LogP contribution in [0.2, 0.25) is 5.02 Å². The lowest BCUT2D eigenvalue weighted by atomic mass is 10.1. The standard InChI is InChI=1S/C18H20ClFN2/c19-17-5-1-15(2-6-17)13-21-9-11-22(12-10-21)14-16-3-7-18(20)8-4-16/h1-8H,9-14H2. The van der Waals surface area contributed by atoms with Crippen LogP contribution in [0.1, 0.15) is 11.1 Å². The molecule has 0 N–H and O–H groups in total. The Labute approximate surface area is 136 Å². The molecule has 2 aromatic rings. The van der Waals surface area contributed by atoms with Gasteiger partial charge in [0.1, 0.15) is 5.82 Å². The maximum absolute atomic E-state index is 12.9. The molecule has 2 aromatic carbocycles. The summed E-state index contributed by atoms with van der Waals surface area (Å²) in [5.41, 5.74) is 2.48. The van der Waals surface area contributed by atoms with Crippen LogP contribution < -0.4 is 0 Å². The van der Waals surface area contributed by atoms with Gasteiger partial charge in [-0.05, 0) is 35.4 Å². The van der Waals surface area contributed by atoms with Crippen molar-refractivity contribution in [2.24, 2.45) is 0 Å². The fourth-order valence-electron chi connectivity index (χ4n) is 2.80. The molecular formula is C18H20ClFN2. The highest BCUT2D eigenvalue weighted by Gasteiger charge is 2.17. The van der Waals surface area contributed by atoms with Crippen LogP contribution in [0.4, 0.5) is 4.39 Å². The Balaban J connectivity index is 1.47. The van der Waals surface area contributed by atoms with Crippen molar-refractivity contribution in [1.29, 1.82) is 0 Å². The summed E-state index contributed by atoms with van der Waals surface area (Å²) in [5, 5.41) is 0.785. The quantitative estimate of drug-likeness (QED) is 0.846. The number of hydrogen-bond acceptors (Lipinski definition) is 2. The lowest BCUT2D eigenvalue weighted by molar-refractivity contribution is 0.122. The highest BCUT2D eigenvalue weighted by molar-refractivity contribution is 6.30. The van der Waals surface area contributed by atoms with Gasteiger partial charge in [0.15, 0.2) is 0 Å². The van der Waals surface area contributed by atoms with E-state index in [0.717, 1.165) is 44.3 Å². The van der Waals surface area contributed by atoms with Crippen LogP contribution in [0, 0.1) is 5.82 Å². The first-order valence-electron chi connectivity index (χ1n) is 7.63. The van der Waals surface area contributed by atoms with Crippen LogP contribution >= 0.6 is 11.6 Å². The van der Waals surface area contributed by atoms with E-state index in [1.54, 1.807) is 0 Å². The zero-order valence-corrected chi connectivity index (χ0v) is 13.3. The van der Waals surface area contributed by atoms with Crippen molar-refractivity contribution in [3.63, 3.8) is 0 Å². The van der Waals surface area contributed by atoms with Crippen molar-refractivity contribution in [2.45, 2.75) is 13.1 Å². The molecular weight excluding hydrogens is 299 g/mol. The first kappa shape index (κ1) is 15.5. The molecule has 0 unspecified atom stereocenters. The molecule has 3 rings (SSSR count). The van der Waals surface area contributed by atoms with Crippen molar-refractivity contribution in [2.75, 3.05) is 26.2 Å². The fourth-order valence-corrected chi connectivity index (χ4v) is 2.93. The molecule has 0 radical (unpaired) electrons. The SMILES string of the molecule is Fc1ccc(CN2CCN(Cc3ccc(Cl)cc3)CC2)cc1. The summed E-state index contributed by atoms with van der Waals surface area (Å²) in [4.78, 5) is 4.88. The molecule has 22 heavy (non-hydrogen) atoms. The van der Waals surface area contributed by atoms with Crippen molar-refractivity contribution in [3.8, 4) is 0 Å². The number of benzene rings is 2. The van der Waals surface area contributed by atoms with E-state index < -0.39 is 0 Å². The van der Waals surface area contributed by atoms with Gasteiger partial charge in [0, 0.05) is 44.3 Å². The summed E-state index contributed by atoms with van der Waals surface area (Å²) in [6.45, 7) is 6.08. The van der Waals surface area contributed by atoms with Gasteiger partial charge >= 0.3 is 0 Å². The molecule has 0 bridgehead atoms. The van der Waals surface area contributed by atoms with Crippen molar-refractivity contribution >= 4 is 11.6 Å². The first-order valence-corrected chi connectivity index (χ1v) is 8.00. The Morgan fingerprint density at radius 3 is 1.59 bits per heavy atom. The zero-order chi connectivity index (χ0) is 15.4. The third-order valence-corrected chi connectivity index (χ3v) is 4.36. The third kappa shape index (κ3) is 4.29. The van der Waals surface area contributed by atoms with Gasteiger partial charge in [0.25, 0.3) is 0 Å². The van der Waals surface area contributed by atoms with E-state index in [4.69, 9.17) is 11.6 Å². The van der Waals surface area contributed by atoms with Gasteiger partial charge in [-0.2, -0.15) is 0 Å². The summed E-state index contributed by atoms with van der Waals surface area (Å²) in [6.07, 6.45) is 0. The van der Waals surface area contributed by atoms with Crippen LogP contribution in [0.3, 0.4) is 0 Å². The van der Waals surface area contributed by atoms with Gasteiger partial charge < -0.3 is 0 Å². The number of halogens is 2. The molecule has 4 heteroatoms. The number of piperazine rings is 1. The summed E-state index contributed by atoms with van der Waals surface area (Å²) in [5.74, 6) is -0.170. The molecule has 1 aliphatic rings. The Bertz CT molecular complexity index is 534. The third-order valence-electron chi connectivity index (χ3n) is 4.10. The second kappa shape index (κ2) is 7.23. The largest absolute Gasteiger partial charge is 0.297 e. The van der Waals surface area contributed by atoms with Gasteiger partial charge in [-0.25, -0.2) is 4.39 Å². The molecule has 0 aliphatic carbocycles. The van der Waals surface area contributed by atoms with Gasteiger partial charge in [-0.15, -0.1) is 0 Å². The van der Waals surface area contributed by atoms with E-state index in [9.17, 15) is 4.39 Å². The van der Waals surface area contributed by atoms with E-state index in [1.165, 1.54) is 23.3 Å². The molecule has 0 aromatic heterocycles. The summed E-state index contributed by atoms with van der Waals surface area (Å²) >= 11 is 5.92. The van der Waals surface area contributed by atoms with E-state index in [1.807, 2.05) is 24.3 Å². The molecule has 116 valence electrons. The van der Waals surface area contributed by atoms with Crippen molar-refractivity contribution in [3.05, 3.63) is 70.5 Å². The molecule has 0 spiro atoms. The van der Waals surface area contributed by atoms with Crippen LogP contribution in [-0.4, -0.2) is 36.0 Å². The Morgan fingerprint density at radius 2 is 1.14 bits per heavy atom. The van der Waals surface area contributed by atoms with E-state index in [0.29, 0.717) is 0 Å². The highest BCUT2D eigenvalue weighted by atomic mass is 35.5. The first-order chi connectivity index (χ1) is 10.7. The maximum Gasteiger partial charge on any atom is 0.123 e. The van der Waals surface area contributed by atoms with Crippen LogP contribution in [0.25, 0.3) is 0 Å². The van der Waals surface area contributed by atoms with Gasteiger partial charge in [0.2, 0.25) is 0 Å². The molecule has 0 amide bonds. The Morgan fingerprint density at radius 1 is 0.727 bits per heavy atom. The molecule has 2 nitrogen and oxygen atoms in total. The minimum absolute atomic E-state index is 0.170. The second-order valence-electron chi connectivity index (χ2n) is 5.81. The lowest BCUT2D eigenvalue weighted by Crippen LogP contribution is -2.45. The predicted molar refractivity (Wildman–Crippen MR) is 88.4 cm³/mol. The molecule has 1 fully saturated rings. The second-order valence-corrected chi connectivity index (χ2v) is 6.24. The fraction of sp³-hybridized carbons (Fsp3) is 0.333. The van der Waals surface area contributed by atoms with Crippen molar-refractivity contribution in [1.82, 2.24) is 9.80 Å². The smallest absolute Gasteiger partial charge is 0.123 e. The van der Waals surface area contributed by atoms with E-state index in [2.05, 4.69) is 21.9 Å². The van der Waals surface area contributed by atoms with Crippen LogP contribution in [0.5, 0.6) is 0 Å². The average Bonchev–Trinajstić information content (AvgIpc) is 2.54. The van der Waals surface area contributed by atoms with Crippen LogP contribution in [0.15, 0.2) is 48.5 Å². The summed E-state index contributed by atoms with van der Waals surface area (Å²) in [6, 6.07) is 14.9. The van der Waals surface area contributed by atoms with Gasteiger partial charge in [-0.1, -0.05) is 35.9 Å². The van der Waals surface area contributed by atoms with Crippen LogP contribution in [-0.2, 0) is 13.1 Å². The van der Waals surface area contributed by atoms with E-state index in [-0.39, 0.29) is 5.82 Å². The predicted octanol–water partition coefficient (Wildman–Crippen LogP) is 3.80. The molecule has 1 saturated heterocycles. The monoisotopic (exact) mass is 318 g/mol. The maximum atomic E-state index is 12.9. The normalized spacial score (nSPS) is 16.8. The van der Waals surface area contributed by atoms with Gasteiger partial charge in [0.05, 0.1) is 0 Å². The van der Waals surface area contributed by atoms with Gasteiger partial charge in [-0.3, -0.25) is 9.80 Å². The highest BCUT2D eigenvalue weighted by Crippen LogP contribution is 2.14. The minimum atomic E-state index is -0.170. The lowest BCUT2D eigenvalue weighted by Gasteiger charge is -2.34. The van der Waals surface area contributed by atoms with Crippen molar-refractivity contribution < 1.29 is 4.39 Å². The number of hydrogen-bond donors (Lipinski definition) is 0. The molecule has 0 atom stereocenters. The average molecular weight is 319 g/mol. The number of rotatable bonds is 4. The van der Waals surface area contributed by atoms with E-state index >= 15 is 0 Å². The molecule has 1 heterocycles. The molecule has 0 saturated carbocycles. The number of nitrogens with zero attached hydrogens (tertiary/aromatic N) is 2. The molecule has 1 aliphatic heterocycles. The Kier molecular flexibility index (Phi) is 5.08. The summed E-state index contributed by atoms with van der Waals surface area (Å²) in [7, 11) is 0. The topological polar surface area (TPSA) is 6.48 Å². The Hall–Kier alpha value is -1.42. The minimum Gasteiger partial charge on any atom is -0.297 e. The zero-order valence-electron chi connectivity index (χ0n) is 12.5. The summed E-state index contributed by atoms with van der Waals surface area (Å²) < 4.78 is 12.9.